The van der Waals surface area contributed by atoms with Crippen molar-refractivity contribution in [1.82, 2.24) is 15.2 Å². The first-order valence-electron chi connectivity index (χ1n) is 9.77. The standard InChI is InChI=1S/C21H24N4O4/c1-13-3-6-18(28-16-4-5-16)17(7-13)19-9-23-21(29-19)20(26)24-14-8-15(11-27-2)25(10-14)12-22/h3,6-7,9,14-16H,4-5,8,10-11H2,1-2H3,(H,24,26)/t14-,15-/m1/s1. The summed E-state index contributed by atoms with van der Waals surface area (Å²) in [5.74, 6) is 0.841. The minimum absolute atomic E-state index is 0.00224. The topological polar surface area (TPSA) is 101 Å². The van der Waals surface area contributed by atoms with Gasteiger partial charge in [-0.3, -0.25) is 4.79 Å². The number of aromatic nitrogens is 1. The number of carbonyl (C=O) groups is 1. The molecule has 0 spiro atoms. The largest absolute Gasteiger partial charge is 0.490 e. The Morgan fingerprint density at radius 1 is 1.45 bits per heavy atom. The number of carbonyl (C=O) groups excluding carboxylic acids is 1. The molecule has 8 nitrogen and oxygen atoms in total. The molecule has 0 unspecified atom stereocenters. The van der Waals surface area contributed by atoms with E-state index in [-0.39, 0.29) is 24.1 Å². The Balaban J connectivity index is 1.46. The number of aryl methyl sites for hydroxylation is 1. The van der Waals surface area contributed by atoms with E-state index in [1.165, 1.54) is 0 Å². The maximum Gasteiger partial charge on any atom is 0.307 e. The molecule has 29 heavy (non-hydrogen) atoms. The monoisotopic (exact) mass is 396 g/mol. The number of nitrogens with one attached hydrogen (secondary N) is 1. The zero-order valence-electron chi connectivity index (χ0n) is 16.6. The van der Waals surface area contributed by atoms with Gasteiger partial charge in [0.1, 0.15) is 5.75 Å². The first-order chi connectivity index (χ1) is 14.1. The molecular formula is C21H24N4O4. The van der Waals surface area contributed by atoms with Gasteiger partial charge in [0.05, 0.1) is 30.5 Å². The van der Waals surface area contributed by atoms with E-state index in [1.54, 1.807) is 18.2 Å². The van der Waals surface area contributed by atoms with Gasteiger partial charge >= 0.3 is 5.91 Å². The molecule has 4 rings (SSSR count). The number of hydrogen-bond acceptors (Lipinski definition) is 7. The van der Waals surface area contributed by atoms with E-state index in [1.807, 2.05) is 25.1 Å². The lowest BCUT2D eigenvalue weighted by Crippen LogP contribution is -2.36. The van der Waals surface area contributed by atoms with Crippen molar-refractivity contribution >= 4 is 5.91 Å². The lowest BCUT2D eigenvalue weighted by atomic mass is 10.1. The summed E-state index contributed by atoms with van der Waals surface area (Å²) in [7, 11) is 1.60. The maximum absolute atomic E-state index is 12.6. The third-order valence-corrected chi connectivity index (χ3v) is 5.16. The van der Waals surface area contributed by atoms with Crippen LogP contribution in [0.25, 0.3) is 11.3 Å². The molecule has 152 valence electrons. The number of nitrogens with zero attached hydrogens (tertiary/aromatic N) is 3. The Kier molecular flexibility index (Phi) is 5.41. The molecule has 2 aromatic rings. The summed E-state index contributed by atoms with van der Waals surface area (Å²) in [6, 6.07) is 5.69. The summed E-state index contributed by atoms with van der Waals surface area (Å²) in [6.07, 6.45) is 6.71. The molecule has 2 aliphatic rings. The van der Waals surface area contributed by atoms with Crippen molar-refractivity contribution in [2.75, 3.05) is 20.3 Å². The van der Waals surface area contributed by atoms with Crippen LogP contribution in [-0.4, -0.2) is 54.2 Å². The minimum atomic E-state index is -0.394. The summed E-state index contributed by atoms with van der Waals surface area (Å²) < 4.78 is 16.9. The fraction of sp³-hybridized carbons (Fsp3) is 0.476. The molecule has 1 amide bonds. The van der Waals surface area contributed by atoms with E-state index in [2.05, 4.69) is 16.5 Å². The van der Waals surface area contributed by atoms with Crippen molar-refractivity contribution in [1.29, 1.82) is 5.26 Å². The normalized spacial score (nSPS) is 21.1. The number of methoxy groups -OCH3 is 1. The molecular weight excluding hydrogens is 372 g/mol. The molecule has 1 aromatic heterocycles. The first kappa shape index (κ1) is 19.3. The first-order valence-corrected chi connectivity index (χ1v) is 9.77. The van der Waals surface area contributed by atoms with Gasteiger partial charge < -0.3 is 24.1 Å². The maximum atomic E-state index is 12.6. The van der Waals surface area contributed by atoms with Gasteiger partial charge in [-0.15, -0.1) is 0 Å². The van der Waals surface area contributed by atoms with E-state index in [9.17, 15) is 10.1 Å². The number of likely N-dealkylation sites (tertiary alicyclic amines) is 1. The van der Waals surface area contributed by atoms with Crippen LogP contribution in [0.2, 0.25) is 0 Å². The van der Waals surface area contributed by atoms with Crippen LogP contribution >= 0.6 is 0 Å². The third-order valence-electron chi connectivity index (χ3n) is 5.16. The Morgan fingerprint density at radius 3 is 3.00 bits per heavy atom. The molecule has 0 radical (unpaired) electrons. The number of hydrogen-bond donors (Lipinski definition) is 1. The van der Waals surface area contributed by atoms with Gasteiger partial charge in [-0.05, 0) is 38.3 Å². The lowest BCUT2D eigenvalue weighted by Gasteiger charge is -2.15. The van der Waals surface area contributed by atoms with Gasteiger partial charge in [-0.25, -0.2) is 4.98 Å². The van der Waals surface area contributed by atoms with Crippen LogP contribution in [-0.2, 0) is 4.74 Å². The average Bonchev–Trinajstić information content (AvgIpc) is 3.23. The van der Waals surface area contributed by atoms with Crippen LogP contribution in [0.15, 0.2) is 28.8 Å². The number of oxazole rings is 1. The van der Waals surface area contributed by atoms with Crippen molar-refractivity contribution in [2.45, 2.75) is 44.4 Å². The molecule has 2 fully saturated rings. The van der Waals surface area contributed by atoms with E-state index in [0.717, 1.165) is 29.7 Å². The van der Waals surface area contributed by atoms with Crippen LogP contribution in [0, 0.1) is 18.4 Å². The molecule has 1 aromatic carbocycles. The minimum Gasteiger partial charge on any atom is -0.490 e. The van der Waals surface area contributed by atoms with Gasteiger partial charge in [0.15, 0.2) is 12.0 Å². The Hall–Kier alpha value is -3.05. The van der Waals surface area contributed by atoms with Gasteiger partial charge in [0.25, 0.3) is 5.89 Å². The SMILES string of the molecule is COC[C@H]1C[C@@H](NC(=O)c2ncc(-c3cc(C)ccc3OC3CC3)o2)CN1C#N. The smallest absolute Gasteiger partial charge is 0.307 e. The fourth-order valence-electron chi connectivity index (χ4n) is 3.55. The van der Waals surface area contributed by atoms with Crippen LogP contribution < -0.4 is 10.1 Å². The molecule has 2 atom stereocenters. The van der Waals surface area contributed by atoms with Crippen molar-refractivity contribution in [3.05, 3.63) is 35.9 Å². The van der Waals surface area contributed by atoms with Crippen molar-refractivity contribution in [2.24, 2.45) is 0 Å². The zero-order chi connectivity index (χ0) is 20.4. The Labute approximate surface area is 169 Å². The molecule has 1 saturated carbocycles. The molecule has 1 aliphatic heterocycles. The predicted molar refractivity (Wildman–Crippen MR) is 104 cm³/mol. The van der Waals surface area contributed by atoms with Gasteiger partial charge in [-0.1, -0.05) is 11.6 Å². The van der Waals surface area contributed by atoms with Crippen LogP contribution in [0.5, 0.6) is 5.75 Å². The van der Waals surface area contributed by atoms with Crippen LogP contribution in [0.3, 0.4) is 0 Å². The zero-order valence-corrected chi connectivity index (χ0v) is 16.6. The number of rotatable bonds is 7. The summed E-state index contributed by atoms with van der Waals surface area (Å²) in [5.41, 5.74) is 1.86. The van der Waals surface area contributed by atoms with Crippen LogP contribution in [0.1, 0.15) is 35.5 Å². The second kappa shape index (κ2) is 8.13. The van der Waals surface area contributed by atoms with Gasteiger partial charge in [-0.2, -0.15) is 5.26 Å². The highest BCUT2D eigenvalue weighted by Crippen LogP contribution is 2.35. The van der Waals surface area contributed by atoms with Crippen molar-refractivity contribution in [3.8, 4) is 23.3 Å². The highest BCUT2D eigenvalue weighted by atomic mass is 16.5. The third kappa shape index (κ3) is 4.35. The summed E-state index contributed by atoms with van der Waals surface area (Å²) >= 11 is 0. The van der Waals surface area contributed by atoms with Gasteiger partial charge in [0.2, 0.25) is 0 Å². The lowest BCUT2D eigenvalue weighted by molar-refractivity contribution is 0.0904. The van der Waals surface area contributed by atoms with E-state index < -0.39 is 5.91 Å². The highest BCUT2D eigenvalue weighted by Gasteiger charge is 2.33. The predicted octanol–water partition coefficient (Wildman–Crippen LogP) is 2.49. The van der Waals surface area contributed by atoms with E-state index in [4.69, 9.17) is 13.9 Å². The number of benzene rings is 1. The summed E-state index contributed by atoms with van der Waals surface area (Å²) in [5, 5.41) is 12.1. The Bertz CT molecular complexity index is 931. The average molecular weight is 396 g/mol. The molecule has 1 aliphatic carbocycles. The number of ether oxygens (including phenoxy) is 2. The fourth-order valence-corrected chi connectivity index (χ4v) is 3.55. The molecule has 8 heteroatoms. The number of nitriles is 1. The van der Waals surface area contributed by atoms with Crippen molar-refractivity contribution in [3.63, 3.8) is 0 Å². The second-order valence-electron chi connectivity index (χ2n) is 7.61. The molecule has 0 bridgehead atoms. The van der Waals surface area contributed by atoms with E-state index >= 15 is 0 Å². The number of amides is 1. The quantitative estimate of drug-likeness (QED) is 0.718. The second-order valence-corrected chi connectivity index (χ2v) is 7.61. The molecule has 1 saturated heterocycles. The molecule has 2 heterocycles. The Morgan fingerprint density at radius 2 is 2.28 bits per heavy atom. The molecule has 1 N–H and O–H groups in total. The summed E-state index contributed by atoms with van der Waals surface area (Å²) in [4.78, 5) is 18.4. The van der Waals surface area contributed by atoms with Gasteiger partial charge in [0, 0.05) is 19.7 Å². The van der Waals surface area contributed by atoms with E-state index in [0.29, 0.717) is 25.3 Å². The van der Waals surface area contributed by atoms with Crippen molar-refractivity contribution < 1.29 is 18.7 Å². The van der Waals surface area contributed by atoms with Crippen LogP contribution in [0.4, 0.5) is 0 Å². The summed E-state index contributed by atoms with van der Waals surface area (Å²) in [6.45, 7) is 2.88. The highest BCUT2D eigenvalue weighted by molar-refractivity contribution is 5.90.